The van der Waals surface area contributed by atoms with E-state index in [4.69, 9.17) is 0 Å². The highest BCUT2D eigenvalue weighted by Gasteiger charge is 2.22. The smallest absolute Gasteiger partial charge is 0.348 e. The Morgan fingerprint density at radius 3 is 2.96 bits per heavy atom. The first kappa shape index (κ1) is 15.8. The van der Waals surface area contributed by atoms with Crippen molar-refractivity contribution in [1.82, 2.24) is 25.1 Å². The number of nitrogens with zero attached hydrogens (tertiary/aromatic N) is 4. The highest BCUT2D eigenvalue weighted by atomic mass is 32.1. The van der Waals surface area contributed by atoms with Crippen LogP contribution in [-0.2, 0) is 17.8 Å². The Labute approximate surface area is 147 Å². The van der Waals surface area contributed by atoms with Gasteiger partial charge in [-0.05, 0) is 58.3 Å². The van der Waals surface area contributed by atoms with Gasteiger partial charge in [-0.3, -0.25) is 4.79 Å². The van der Waals surface area contributed by atoms with Gasteiger partial charge < -0.3 is 5.32 Å². The average molecular weight is 355 g/mol. The molecule has 0 fully saturated rings. The van der Waals surface area contributed by atoms with Crippen LogP contribution in [0.3, 0.4) is 0 Å². The summed E-state index contributed by atoms with van der Waals surface area (Å²) in [5, 5.41) is 13.2. The van der Waals surface area contributed by atoms with Gasteiger partial charge in [0.05, 0.1) is 6.04 Å². The third-order valence-corrected chi connectivity index (χ3v) is 5.20. The van der Waals surface area contributed by atoms with E-state index in [1.54, 1.807) is 6.07 Å². The summed E-state index contributed by atoms with van der Waals surface area (Å²) in [6, 6.07) is 11.8. The molecule has 4 rings (SSSR count). The van der Waals surface area contributed by atoms with Gasteiger partial charge in [-0.1, -0.05) is 24.3 Å². The SMILES string of the molecule is O=C(Cn1nnn(-c2cccs2)c1=O)NC1CCCc2ccccc21. The molecule has 1 aliphatic carbocycles. The van der Waals surface area contributed by atoms with Gasteiger partial charge in [-0.25, -0.2) is 4.79 Å². The number of carbonyl (C=O) groups is 1. The summed E-state index contributed by atoms with van der Waals surface area (Å²) in [6.07, 6.45) is 2.98. The van der Waals surface area contributed by atoms with Gasteiger partial charge in [0, 0.05) is 0 Å². The predicted octanol–water partition coefficient (Wildman–Crippen LogP) is 1.68. The van der Waals surface area contributed by atoms with Crippen LogP contribution in [0.4, 0.5) is 0 Å². The number of hydrogen-bond acceptors (Lipinski definition) is 5. The Morgan fingerprint density at radius 1 is 1.24 bits per heavy atom. The van der Waals surface area contributed by atoms with E-state index in [1.165, 1.54) is 21.6 Å². The molecule has 0 spiro atoms. The number of nitrogens with one attached hydrogen (secondary N) is 1. The minimum atomic E-state index is -0.415. The predicted molar refractivity (Wildman–Crippen MR) is 93.8 cm³/mol. The Bertz CT molecular complexity index is 944. The zero-order valence-corrected chi connectivity index (χ0v) is 14.3. The second kappa shape index (κ2) is 6.64. The third-order valence-electron chi connectivity index (χ3n) is 4.35. The van der Waals surface area contributed by atoms with E-state index < -0.39 is 5.69 Å². The molecule has 0 radical (unpaired) electrons. The summed E-state index contributed by atoms with van der Waals surface area (Å²) in [6.45, 7) is -0.136. The molecule has 2 heterocycles. The zero-order chi connectivity index (χ0) is 17.2. The fourth-order valence-electron chi connectivity index (χ4n) is 3.18. The number of fused-ring (bicyclic) bond motifs is 1. The molecule has 1 aliphatic rings. The minimum absolute atomic E-state index is 0.0134. The average Bonchev–Trinajstić information content (AvgIpc) is 3.26. The first-order valence-corrected chi connectivity index (χ1v) is 9.04. The quantitative estimate of drug-likeness (QED) is 0.772. The summed E-state index contributed by atoms with van der Waals surface area (Å²) in [4.78, 5) is 24.7. The molecule has 3 aromatic rings. The van der Waals surface area contributed by atoms with Crippen LogP contribution in [0, 0.1) is 0 Å². The van der Waals surface area contributed by atoms with E-state index in [-0.39, 0.29) is 18.5 Å². The molecule has 0 saturated heterocycles. The number of amides is 1. The molecule has 25 heavy (non-hydrogen) atoms. The maximum absolute atomic E-state index is 12.4. The maximum atomic E-state index is 12.4. The summed E-state index contributed by atoms with van der Waals surface area (Å²) in [5.41, 5.74) is 2.03. The van der Waals surface area contributed by atoms with Crippen LogP contribution in [0.15, 0.2) is 46.6 Å². The maximum Gasteiger partial charge on any atom is 0.369 e. The molecular formula is C17H17N5O2S. The minimum Gasteiger partial charge on any atom is -0.348 e. The molecule has 1 atom stereocenters. The van der Waals surface area contributed by atoms with Crippen LogP contribution in [0.1, 0.15) is 30.0 Å². The standard InChI is InChI=1S/C17H17N5O2S/c23-15(18-14-8-3-6-12-5-1-2-7-13(12)14)11-21-17(24)22(20-19-21)16-9-4-10-25-16/h1-2,4-5,7,9-10,14H,3,6,8,11H2,(H,18,23). The number of aryl methyl sites for hydroxylation is 1. The van der Waals surface area contributed by atoms with E-state index >= 15 is 0 Å². The van der Waals surface area contributed by atoms with Crippen LogP contribution < -0.4 is 11.0 Å². The largest absolute Gasteiger partial charge is 0.369 e. The fraction of sp³-hybridized carbons (Fsp3) is 0.294. The lowest BCUT2D eigenvalue weighted by Gasteiger charge is -2.26. The summed E-state index contributed by atoms with van der Waals surface area (Å²) >= 11 is 1.39. The van der Waals surface area contributed by atoms with Crippen molar-refractivity contribution in [2.24, 2.45) is 0 Å². The first-order valence-electron chi connectivity index (χ1n) is 8.16. The Balaban J connectivity index is 1.48. The van der Waals surface area contributed by atoms with Gasteiger partial charge in [0.1, 0.15) is 11.5 Å². The van der Waals surface area contributed by atoms with Gasteiger partial charge in [0.25, 0.3) is 0 Å². The molecule has 1 amide bonds. The molecular weight excluding hydrogens is 338 g/mol. The number of thiophene rings is 1. The molecule has 2 aromatic heterocycles. The van der Waals surface area contributed by atoms with Crippen molar-refractivity contribution in [2.75, 3.05) is 0 Å². The highest BCUT2D eigenvalue weighted by Crippen LogP contribution is 2.29. The fourth-order valence-corrected chi connectivity index (χ4v) is 3.85. The topological polar surface area (TPSA) is 81.8 Å². The molecule has 1 aromatic carbocycles. The Kier molecular flexibility index (Phi) is 4.19. The van der Waals surface area contributed by atoms with E-state index in [0.717, 1.165) is 29.5 Å². The summed E-state index contributed by atoms with van der Waals surface area (Å²) < 4.78 is 2.29. The number of rotatable bonds is 4. The molecule has 0 bridgehead atoms. The van der Waals surface area contributed by atoms with E-state index in [1.807, 2.05) is 23.6 Å². The van der Waals surface area contributed by atoms with Gasteiger partial charge >= 0.3 is 5.69 Å². The normalized spacial score (nSPS) is 16.4. The van der Waals surface area contributed by atoms with Gasteiger partial charge in [0.15, 0.2) is 0 Å². The van der Waals surface area contributed by atoms with Crippen molar-refractivity contribution >= 4 is 17.2 Å². The molecule has 0 aliphatic heterocycles. The Morgan fingerprint density at radius 2 is 2.12 bits per heavy atom. The third kappa shape index (κ3) is 3.12. The molecule has 1 unspecified atom stereocenters. The van der Waals surface area contributed by atoms with Crippen molar-refractivity contribution < 1.29 is 4.79 Å². The van der Waals surface area contributed by atoms with Crippen LogP contribution in [0.25, 0.3) is 5.00 Å². The van der Waals surface area contributed by atoms with Gasteiger partial charge in [-0.2, -0.15) is 9.36 Å². The molecule has 7 nitrogen and oxygen atoms in total. The molecule has 1 N–H and O–H groups in total. The van der Waals surface area contributed by atoms with Crippen molar-refractivity contribution in [3.8, 4) is 5.00 Å². The second-order valence-electron chi connectivity index (χ2n) is 5.99. The van der Waals surface area contributed by atoms with Crippen molar-refractivity contribution in [1.29, 1.82) is 0 Å². The monoisotopic (exact) mass is 355 g/mol. The molecule has 128 valence electrons. The lowest BCUT2D eigenvalue weighted by atomic mass is 9.88. The van der Waals surface area contributed by atoms with E-state index in [2.05, 4.69) is 27.9 Å². The molecule has 0 saturated carbocycles. The van der Waals surface area contributed by atoms with Crippen LogP contribution >= 0.6 is 11.3 Å². The number of aromatic nitrogens is 4. The zero-order valence-electron chi connectivity index (χ0n) is 13.5. The van der Waals surface area contributed by atoms with E-state index in [0.29, 0.717) is 5.00 Å². The molecule has 8 heteroatoms. The number of hydrogen-bond donors (Lipinski definition) is 1. The van der Waals surface area contributed by atoms with Crippen molar-refractivity contribution in [2.45, 2.75) is 31.8 Å². The van der Waals surface area contributed by atoms with Crippen molar-refractivity contribution in [3.63, 3.8) is 0 Å². The lowest BCUT2D eigenvalue weighted by Crippen LogP contribution is -2.36. The number of tetrazole rings is 1. The number of carbonyl (C=O) groups excluding carboxylic acids is 1. The first-order chi connectivity index (χ1) is 12.2. The van der Waals surface area contributed by atoms with Crippen LogP contribution in [0.2, 0.25) is 0 Å². The summed E-state index contributed by atoms with van der Waals surface area (Å²) in [5.74, 6) is -0.234. The van der Waals surface area contributed by atoms with Gasteiger partial charge in [0.2, 0.25) is 5.91 Å². The van der Waals surface area contributed by atoms with Crippen molar-refractivity contribution in [3.05, 3.63) is 63.4 Å². The van der Waals surface area contributed by atoms with E-state index in [9.17, 15) is 9.59 Å². The second-order valence-corrected chi connectivity index (χ2v) is 6.92. The van der Waals surface area contributed by atoms with Crippen LogP contribution in [-0.4, -0.2) is 25.7 Å². The highest BCUT2D eigenvalue weighted by molar-refractivity contribution is 7.12. The van der Waals surface area contributed by atoms with Crippen LogP contribution in [0.5, 0.6) is 0 Å². The number of benzene rings is 1. The Hall–Kier alpha value is -2.74. The van der Waals surface area contributed by atoms with Gasteiger partial charge in [-0.15, -0.1) is 11.3 Å². The lowest BCUT2D eigenvalue weighted by molar-refractivity contribution is -0.122. The summed E-state index contributed by atoms with van der Waals surface area (Å²) in [7, 11) is 0.